The SMILES string of the molecule is CCC(SNc1cc(F)cc(F)c1)C(=O)c1c[nH]c2ncccc12. The number of aromatic nitrogens is 2. The van der Waals surface area contributed by atoms with Gasteiger partial charge in [-0.25, -0.2) is 13.8 Å². The molecule has 24 heavy (non-hydrogen) atoms. The number of aromatic amines is 1. The predicted molar refractivity (Wildman–Crippen MR) is 92.1 cm³/mol. The van der Waals surface area contributed by atoms with Crippen molar-refractivity contribution < 1.29 is 13.6 Å². The standard InChI is InChI=1S/C17H15F2N3OS/c1-2-15(24-22-12-7-10(18)6-11(19)8-12)16(23)14-9-21-17-13(14)4-3-5-20-17/h3-9,15,22H,2H2,1H3,(H,20,21). The Morgan fingerprint density at radius 2 is 2.08 bits per heavy atom. The van der Waals surface area contributed by atoms with Gasteiger partial charge in [0.1, 0.15) is 17.3 Å². The van der Waals surface area contributed by atoms with E-state index < -0.39 is 16.9 Å². The first kappa shape index (κ1) is 16.4. The normalized spacial score (nSPS) is 12.3. The van der Waals surface area contributed by atoms with Gasteiger partial charge in [-0.2, -0.15) is 0 Å². The molecule has 1 atom stereocenters. The fourth-order valence-electron chi connectivity index (χ4n) is 2.41. The van der Waals surface area contributed by atoms with Crippen LogP contribution in [-0.2, 0) is 0 Å². The summed E-state index contributed by atoms with van der Waals surface area (Å²) in [7, 11) is 0. The Morgan fingerprint density at radius 1 is 1.33 bits per heavy atom. The van der Waals surface area contributed by atoms with Gasteiger partial charge in [-0.05, 0) is 42.6 Å². The molecule has 0 spiro atoms. The number of hydrogen-bond donors (Lipinski definition) is 2. The zero-order valence-electron chi connectivity index (χ0n) is 12.8. The molecule has 0 fully saturated rings. The lowest BCUT2D eigenvalue weighted by Gasteiger charge is -2.14. The molecular formula is C17H15F2N3OS. The van der Waals surface area contributed by atoms with Gasteiger partial charge in [0.05, 0.1) is 5.25 Å². The lowest BCUT2D eigenvalue weighted by atomic mass is 10.1. The summed E-state index contributed by atoms with van der Waals surface area (Å²) in [5.41, 5.74) is 1.50. The summed E-state index contributed by atoms with van der Waals surface area (Å²) in [6.07, 6.45) is 3.87. The van der Waals surface area contributed by atoms with Crippen LogP contribution in [0.5, 0.6) is 0 Å². The van der Waals surface area contributed by atoms with E-state index in [4.69, 9.17) is 0 Å². The van der Waals surface area contributed by atoms with Gasteiger partial charge < -0.3 is 9.71 Å². The minimum atomic E-state index is -0.667. The topological polar surface area (TPSA) is 57.8 Å². The Kier molecular flexibility index (Phi) is 4.80. The second-order valence-corrected chi connectivity index (χ2v) is 6.25. The highest BCUT2D eigenvalue weighted by atomic mass is 32.2. The number of halogens is 2. The van der Waals surface area contributed by atoms with Crippen molar-refractivity contribution >= 4 is 34.5 Å². The lowest BCUT2D eigenvalue weighted by Crippen LogP contribution is -2.18. The first-order valence-corrected chi connectivity index (χ1v) is 8.30. The molecule has 0 aliphatic rings. The number of nitrogens with zero attached hydrogens (tertiary/aromatic N) is 1. The molecule has 4 nitrogen and oxygen atoms in total. The number of ketones is 1. The number of carbonyl (C=O) groups excluding carboxylic acids is 1. The first-order valence-electron chi connectivity index (χ1n) is 7.42. The number of H-pyrrole nitrogens is 1. The summed E-state index contributed by atoms with van der Waals surface area (Å²) < 4.78 is 29.3. The van der Waals surface area contributed by atoms with Crippen molar-refractivity contribution in [2.45, 2.75) is 18.6 Å². The number of nitrogens with one attached hydrogen (secondary N) is 2. The van der Waals surface area contributed by atoms with Gasteiger partial charge in [-0.1, -0.05) is 6.92 Å². The van der Waals surface area contributed by atoms with Crippen LogP contribution in [0.4, 0.5) is 14.5 Å². The Morgan fingerprint density at radius 3 is 2.79 bits per heavy atom. The number of fused-ring (bicyclic) bond motifs is 1. The van der Waals surface area contributed by atoms with Gasteiger partial charge in [-0.3, -0.25) is 4.79 Å². The van der Waals surface area contributed by atoms with E-state index in [1.165, 1.54) is 12.1 Å². The molecule has 1 aromatic carbocycles. The lowest BCUT2D eigenvalue weighted by molar-refractivity contribution is 0.0990. The van der Waals surface area contributed by atoms with Crippen LogP contribution in [0.3, 0.4) is 0 Å². The van der Waals surface area contributed by atoms with E-state index in [0.29, 0.717) is 17.6 Å². The third kappa shape index (κ3) is 3.41. The summed E-state index contributed by atoms with van der Waals surface area (Å²) in [5.74, 6) is -1.40. The van der Waals surface area contributed by atoms with Gasteiger partial charge in [0.25, 0.3) is 0 Å². The van der Waals surface area contributed by atoms with Crippen LogP contribution >= 0.6 is 11.9 Å². The molecule has 0 aliphatic heterocycles. The fraction of sp³-hybridized carbons (Fsp3) is 0.176. The molecule has 0 saturated carbocycles. The molecule has 2 heterocycles. The van der Waals surface area contributed by atoms with Crippen LogP contribution < -0.4 is 4.72 Å². The quantitative estimate of drug-likeness (QED) is 0.507. The Balaban J connectivity index is 1.77. The highest BCUT2D eigenvalue weighted by Crippen LogP contribution is 2.26. The largest absolute Gasteiger partial charge is 0.345 e. The maximum atomic E-state index is 13.2. The van der Waals surface area contributed by atoms with Crippen molar-refractivity contribution in [2.24, 2.45) is 0 Å². The number of Topliss-reactive ketones (excluding diaryl/α,β-unsaturated/α-hetero) is 1. The van der Waals surface area contributed by atoms with Crippen molar-refractivity contribution in [3.05, 3.63) is 59.9 Å². The van der Waals surface area contributed by atoms with Gasteiger partial charge in [0.2, 0.25) is 0 Å². The average molecular weight is 347 g/mol. The average Bonchev–Trinajstić information content (AvgIpc) is 2.98. The van der Waals surface area contributed by atoms with Crippen molar-refractivity contribution in [2.75, 3.05) is 4.72 Å². The van der Waals surface area contributed by atoms with Gasteiger partial charge in [0.15, 0.2) is 5.78 Å². The molecule has 1 unspecified atom stereocenters. The smallest absolute Gasteiger partial charge is 0.179 e. The van der Waals surface area contributed by atoms with E-state index in [1.54, 1.807) is 18.5 Å². The molecule has 0 bridgehead atoms. The van der Waals surface area contributed by atoms with E-state index in [1.807, 2.05) is 13.0 Å². The first-order chi connectivity index (χ1) is 11.6. The second-order valence-electron chi connectivity index (χ2n) is 5.24. The van der Waals surface area contributed by atoms with Crippen molar-refractivity contribution in [3.8, 4) is 0 Å². The van der Waals surface area contributed by atoms with E-state index in [9.17, 15) is 13.6 Å². The summed E-state index contributed by atoms with van der Waals surface area (Å²) in [4.78, 5) is 19.9. The monoisotopic (exact) mass is 347 g/mol. The zero-order chi connectivity index (χ0) is 17.1. The Hall–Kier alpha value is -2.41. The van der Waals surface area contributed by atoms with Crippen LogP contribution in [0.2, 0.25) is 0 Å². The molecule has 0 amide bonds. The van der Waals surface area contributed by atoms with Gasteiger partial charge in [-0.15, -0.1) is 0 Å². The number of carbonyl (C=O) groups is 1. The van der Waals surface area contributed by atoms with Gasteiger partial charge >= 0.3 is 0 Å². The van der Waals surface area contributed by atoms with Crippen LogP contribution in [0.15, 0.2) is 42.7 Å². The highest BCUT2D eigenvalue weighted by Gasteiger charge is 2.22. The third-order valence-electron chi connectivity index (χ3n) is 3.56. The van der Waals surface area contributed by atoms with E-state index in [2.05, 4.69) is 14.7 Å². The molecule has 3 aromatic rings. The molecule has 124 valence electrons. The third-order valence-corrected chi connectivity index (χ3v) is 4.75. The zero-order valence-corrected chi connectivity index (χ0v) is 13.7. The van der Waals surface area contributed by atoms with E-state index >= 15 is 0 Å². The molecule has 7 heteroatoms. The second kappa shape index (κ2) is 7.00. The Bertz CT molecular complexity index is 861. The van der Waals surface area contributed by atoms with Crippen LogP contribution in [-0.4, -0.2) is 21.0 Å². The molecule has 2 aromatic heterocycles. The van der Waals surface area contributed by atoms with Crippen LogP contribution in [0.1, 0.15) is 23.7 Å². The van der Waals surface area contributed by atoms with E-state index in [0.717, 1.165) is 23.4 Å². The van der Waals surface area contributed by atoms with Crippen molar-refractivity contribution in [3.63, 3.8) is 0 Å². The van der Waals surface area contributed by atoms with E-state index in [-0.39, 0.29) is 11.5 Å². The summed E-state index contributed by atoms with van der Waals surface area (Å²) in [6.45, 7) is 1.89. The number of anilines is 1. The molecule has 0 radical (unpaired) electrons. The minimum Gasteiger partial charge on any atom is -0.345 e. The summed E-state index contributed by atoms with van der Waals surface area (Å²) in [5, 5.41) is 0.369. The number of pyridine rings is 1. The maximum absolute atomic E-state index is 13.2. The molecule has 2 N–H and O–H groups in total. The van der Waals surface area contributed by atoms with Crippen molar-refractivity contribution in [1.29, 1.82) is 0 Å². The number of benzene rings is 1. The number of hydrogen-bond acceptors (Lipinski definition) is 4. The molecule has 0 aliphatic carbocycles. The molecule has 0 saturated heterocycles. The predicted octanol–water partition coefficient (Wildman–Crippen LogP) is 4.56. The van der Waals surface area contributed by atoms with Gasteiger partial charge in [0, 0.05) is 35.1 Å². The fourth-order valence-corrected chi connectivity index (χ4v) is 3.20. The van der Waals surface area contributed by atoms with Crippen LogP contribution in [0.25, 0.3) is 11.0 Å². The molecule has 3 rings (SSSR count). The summed E-state index contributed by atoms with van der Waals surface area (Å²) >= 11 is 1.14. The highest BCUT2D eigenvalue weighted by molar-refractivity contribution is 8.01. The number of rotatable bonds is 6. The van der Waals surface area contributed by atoms with Crippen molar-refractivity contribution in [1.82, 2.24) is 9.97 Å². The molecular weight excluding hydrogens is 332 g/mol. The minimum absolute atomic E-state index is 0.0638. The summed E-state index contributed by atoms with van der Waals surface area (Å²) in [6, 6.07) is 6.77. The maximum Gasteiger partial charge on any atom is 0.179 e. The van der Waals surface area contributed by atoms with Crippen LogP contribution in [0, 0.1) is 11.6 Å². The Labute approximate surface area is 141 Å².